The van der Waals surface area contributed by atoms with Crippen molar-refractivity contribution in [3.63, 3.8) is 0 Å². The van der Waals surface area contributed by atoms with E-state index in [9.17, 15) is 0 Å². The zero-order valence-electron chi connectivity index (χ0n) is 20.9. The summed E-state index contributed by atoms with van der Waals surface area (Å²) in [5.74, 6) is 0. The van der Waals surface area contributed by atoms with Gasteiger partial charge in [-0.2, -0.15) is 0 Å². The van der Waals surface area contributed by atoms with Crippen LogP contribution in [-0.4, -0.2) is 9.38 Å². The van der Waals surface area contributed by atoms with Gasteiger partial charge in [0.05, 0.1) is 16.9 Å². The van der Waals surface area contributed by atoms with Gasteiger partial charge in [0.15, 0.2) is 0 Å². The smallest absolute Gasteiger partial charge is 0.145 e. The van der Waals surface area contributed by atoms with Crippen molar-refractivity contribution in [3.05, 3.63) is 83.0 Å². The molecule has 0 N–H and O–H groups in total. The molecule has 1 fully saturated rings. The molecule has 1 saturated carbocycles. The van der Waals surface area contributed by atoms with Crippen LogP contribution in [0.1, 0.15) is 61.4 Å². The third kappa shape index (κ3) is 3.35. The summed E-state index contributed by atoms with van der Waals surface area (Å²) in [4.78, 5) is 5.14. The van der Waals surface area contributed by atoms with Gasteiger partial charge in [-0.05, 0) is 79.7 Å². The second kappa shape index (κ2) is 7.98. The van der Waals surface area contributed by atoms with Gasteiger partial charge in [0, 0.05) is 16.3 Å². The molecule has 3 aromatic carbocycles. The van der Waals surface area contributed by atoms with Gasteiger partial charge in [0.25, 0.3) is 0 Å². The van der Waals surface area contributed by atoms with Crippen molar-refractivity contribution in [2.75, 3.05) is 0 Å². The van der Waals surface area contributed by atoms with E-state index >= 15 is 0 Å². The maximum atomic E-state index is 5.14. The number of hydrogen-bond acceptors (Lipinski definition) is 1. The van der Waals surface area contributed by atoms with Crippen LogP contribution >= 0.6 is 0 Å². The Morgan fingerprint density at radius 2 is 1.50 bits per heavy atom. The fraction of sp³-hybridized carbons (Fsp3) is 0.344. The van der Waals surface area contributed by atoms with Gasteiger partial charge >= 0.3 is 0 Å². The quantitative estimate of drug-likeness (QED) is 0.253. The van der Waals surface area contributed by atoms with E-state index in [0.29, 0.717) is 5.41 Å². The largest absolute Gasteiger partial charge is 0.291 e. The van der Waals surface area contributed by atoms with Gasteiger partial charge in [-0.15, -0.1) is 0 Å². The van der Waals surface area contributed by atoms with Gasteiger partial charge in [-0.1, -0.05) is 74.7 Å². The van der Waals surface area contributed by atoms with E-state index in [1.165, 1.54) is 88.1 Å². The summed E-state index contributed by atoms with van der Waals surface area (Å²) < 4.78 is 2.43. The van der Waals surface area contributed by atoms with Crippen LogP contribution in [0.2, 0.25) is 0 Å². The molecule has 0 spiro atoms. The monoisotopic (exact) mass is 446 g/mol. The van der Waals surface area contributed by atoms with E-state index in [0.717, 1.165) is 11.3 Å². The predicted octanol–water partition coefficient (Wildman–Crippen LogP) is 8.75. The zero-order chi connectivity index (χ0) is 23.4. The normalized spacial score (nSPS) is 16.0. The standard InChI is InChI=1S/C32H34N2/c1-21-11-10-12-22(2)29(21)30-23(3)33-31-26-14-7-6-13-25(26)27-19-24(15-16-28(27)34(30)31)20-32(4)17-8-5-9-18-32/h6-7,10-16,19H,5,8-9,17-18,20H2,1-4H3. The number of imidazole rings is 1. The average molecular weight is 447 g/mol. The number of aromatic nitrogens is 2. The highest BCUT2D eigenvalue weighted by molar-refractivity contribution is 6.12. The third-order valence-electron chi connectivity index (χ3n) is 8.22. The summed E-state index contributed by atoms with van der Waals surface area (Å²) in [6.45, 7) is 9.09. The van der Waals surface area contributed by atoms with E-state index in [-0.39, 0.29) is 0 Å². The lowest BCUT2D eigenvalue weighted by Gasteiger charge is -2.33. The number of hydrogen-bond donors (Lipinski definition) is 0. The minimum atomic E-state index is 0.431. The number of rotatable bonds is 3. The Labute approximate surface area is 202 Å². The summed E-state index contributed by atoms with van der Waals surface area (Å²) in [5, 5.41) is 3.88. The summed E-state index contributed by atoms with van der Waals surface area (Å²) in [7, 11) is 0. The first-order valence-electron chi connectivity index (χ1n) is 12.8. The first-order valence-corrected chi connectivity index (χ1v) is 12.8. The third-order valence-corrected chi connectivity index (χ3v) is 8.22. The molecular weight excluding hydrogens is 412 g/mol. The molecule has 1 aliphatic rings. The molecule has 0 unspecified atom stereocenters. The van der Waals surface area contributed by atoms with Crippen molar-refractivity contribution >= 4 is 27.3 Å². The van der Waals surface area contributed by atoms with Crippen LogP contribution in [0.5, 0.6) is 0 Å². The molecule has 5 aromatic rings. The summed E-state index contributed by atoms with van der Waals surface area (Å²) in [6, 6.07) is 22.6. The molecule has 0 aliphatic heterocycles. The van der Waals surface area contributed by atoms with Crippen LogP contribution in [0.3, 0.4) is 0 Å². The Kier molecular flexibility index (Phi) is 5.02. The predicted molar refractivity (Wildman–Crippen MR) is 145 cm³/mol. The van der Waals surface area contributed by atoms with Gasteiger partial charge in [0.2, 0.25) is 0 Å². The van der Waals surface area contributed by atoms with Crippen LogP contribution in [0.4, 0.5) is 0 Å². The number of fused-ring (bicyclic) bond motifs is 6. The Hall–Kier alpha value is -3.13. The Balaban J connectivity index is 1.66. The van der Waals surface area contributed by atoms with E-state index in [2.05, 4.69) is 92.8 Å². The lowest BCUT2D eigenvalue weighted by molar-refractivity contribution is 0.215. The Morgan fingerprint density at radius 3 is 2.24 bits per heavy atom. The first-order chi connectivity index (χ1) is 16.5. The van der Waals surface area contributed by atoms with E-state index < -0.39 is 0 Å². The van der Waals surface area contributed by atoms with E-state index in [4.69, 9.17) is 4.98 Å². The molecule has 1 aliphatic carbocycles. The molecule has 2 nitrogen and oxygen atoms in total. The molecule has 2 heterocycles. The van der Waals surface area contributed by atoms with Crippen LogP contribution in [0, 0.1) is 26.2 Å². The molecule has 0 atom stereocenters. The van der Waals surface area contributed by atoms with E-state index in [1.807, 2.05) is 0 Å². The van der Waals surface area contributed by atoms with Crippen molar-refractivity contribution in [3.8, 4) is 11.3 Å². The maximum absolute atomic E-state index is 5.14. The van der Waals surface area contributed by atoms with Crippen molar-refractivity contribution in [2.24, 2.45) is 5.41 Å². The number of pyridine rings is 1. The molecule has 2 heteroatoms. The number of nitrogens with zero attached hydrogens (tertiary/aromatic N) is 2. The van der Waals surface area contributed by atoms with Gasteiger partial charge in [-0.25, -0.2) is 4.98 Å². The van der Waals surface area contributed by atoms with Gasteiger partial charge < -0.3 is 0 Å². The Bertz CT molecular complexity index is 1530. The lowest BCUT2D eigenvalue weighted by Crippen LogP contribution is -2.22. The lowest BCUT2D eigenvalue weighted by atomic mass is 9.72. The fourth-order valence-electron chi connectivity index (χ4n) is 6.52. The van der Waals surface area contributed by atoms with Gasteiger partial charge in [0.1, 0.15) is 5.65 Å². The summed E-state index contributed by atoms with van der Waals surface area (Å²) in [5.41, 5.74) is 10.4. The number of aryl methyl sites for hydroxylation is 3. The first kappa shape index (κ1) is 21.4. The van der Waals surface area contributed by atoms with Crippen molar-refractivity contribution < 1.29 is 0 Å². The minimum absolute atomic E-state index is 0.431. The van der Waals surface area contributed by atoms with Crippen molar-refractivity contribution in [2.45, 2.75) is 66.2 Å². The van der Waals surface area contributed by atoms with Crippen molar-refractivity contribution in [1.82, 2.24) is 9.38 Å². The molecule has 34 heavy (non-hydrogen) atoms. The van der Waals surface area contributed by atoms with Crippen LogP contribution in [-0.2, 0) is 6.42 Å². The van der Waals surface area contributed by atoms with Crippen LogP contribution < -0.4 is 0 Å². The van der Waals surface area contributed by atoms with Crippen LogP contribution in [0.25, 0.3) is 38.6 Å². The average Bonchev–Trinajstić information content (AvgIpc) is 3.16. The molecule has 172 valence electrons. The molecule has 0 radical (unpaired) electrons. The summed E-state index contributed by atoms with van der Waals surface area (Å²) >= 11 is 0. The highest BCUT2D eigenvalue weighted by Crippen LogP contribution is 2.41. The van der Waals surface area contributed by atoms with Crippen LogP contribution in [0.15, 0.2) is 60.7 Å². The SMILES string of the molecule is Cc1cccc(C)c1-c1c(C)nc2c3ccccc3c3cc(CC4(C)CCCCC4)ccc3n12. The molecule has 6 rings (SSSR count). The number of benzene rings is 3. The van der Waals surface area contributed by atoms with Crippen molar-refractivity contribution in [1.29, 1.82) is 0 Å². The topological polar surface area (TPSA) is 17.3 Å². The molecule has 2 aromatic heterocycles. The Morgan fingerprint density at radius 1 is 0.794 bits per heavy atom. The van der Waals surface area contributed by atoms with Gasteiger partial charge in [-0.3, -0.25) is 4.40 Å². The molecule has 0 amide bonds. The maximum Gasteiger partial charge on any atom is 0.145 e. The highest BCUT2D eigenvalue weighted by Gasteiger charge is 2.27. The molecular formula is C32H34N2. The summed E-state index contributed by atoms with van der Waals surface area (Å²) in [6.07, 6.45) is 8.02. The fourth-order valence-corrected chi connectivity index (χ4v) is 6.52. The van der Waals surface area contributed by atoms with E-state index in [1.54, 1.807) is 0 Å². The second-order valence-electron chi connectivity index (χ2n) is 10.9. The zero-order valence-corrected chi connectivity index (χ0v) is 20.9. The molecule has 0 bridgehead atoms. The second-order valence-corrected chi connectivity index (χ2v) is 10.9. The highest BCUT2D eigenvalue weighted by atomic mass is 15.0. The molecule has 0 saturated heterocycles. The minimum Gasteiger partial charge on any atom is -0.291 e.